The molecule has 1 atom stereocenters. The number of benzene rings is 1. The molecule has 17 heavy (non-hydrogen) atoms. The van der Waals surface area contributed by atoms with E-state index in [1.807, 2.05) is 0 Å². The average Bonchev–Trinajstić information content (AvgIpc) is 2.62. The van der Waals surface area contributed by atoms with Gasteiger partial charge in [0.25, 0.3) is 0 Å². The van der Waals surface area contributed by atoms with Crippen molar-refractivity contribution >= 4 is 17.5 Å². The van der Waals surface area contributed by atoms with Crippen molar-refractivity contribution in [3.05, 3.63) is 29.3 Å². The number of halogens is 3. The van der Waals surface area contributed by atoms with Gasteiger partial charge in [0.2, 0.25) is 0 Å². The summed E-state index contributed by atoms with van der Waals surface area (Å²) in [7, 11) is 0. The predicted molar refractivity (Wildman–Crippen MR) is 58.1 cm³/mol. The van der Waals surface area contributed by atoms with Crippen LogP contribution in [0.15, 0.2) is 18.2 Å². The SMILES string of the molecule is O=C(NC1CCc2c(O)cccc21)C(F)(F)Cl. The van der Waals surface area contributed by atoms with Crippen LogP contribution in [-0.2, 0) is 11.2 Å². The molecule has 2 N–H and O–H groups in total. The Kier molecular flexibility index (Phi) is 2.95. The summed E-state index contributed by atoms with van der Waals surface area (Å²) in [5.41, 5.74) is 1.36. The Morgan fingerprint density at radius 1 is 1.53 bits per heavy atom. The van der Waals surface area contributed by atoms with E-state index >= 15 is 0 Å². The molecular formula is C11H10ClF2NO2. The Morgan fingerprint density at radius 2 is 2.24 bits per heavy atom. The number of nitrogens with one attached hydrogen (secondary N) is 1. The molecule has 6 heteroatoms. The highest BCUT2D eigenvalue weighted by Gasteiger charge is 2.38. The highest BCUT2D eigenvalue weighted by Crippen LogP contribution is 2.36. The van der Waals surface area contributed by atoms with Gasteiger partial charge in [0.15, 0.2) is 0 Å². The van der Waals surface area contributed by atoms with Gasteiger partial charge in [0.1, 0.15) is 5.75 Å². The van der Waals surface area contributed by atoms with Crippen molar-refractivity contribution in [2.24, 2.45) is 0 Å². The first-order chi connectivity index (χ1) is 7.89. The van der Waals surface area contributed by atoms with Crippen LogP contribution in [0.5, 0.6) is 5.75 Å². The van der Waals surface area contributed by atoms with Gasteiger partial charge in [-0.05, 0) is 41.6 Å². The van der Waals surface area contributed by atoms with Crippen molar-refractivity contribution in [1.82, 2.24) is 5.32 Å². The molecule has 0 fully saturated rings. The van der Waals surface area contributed by atoms with E-state index in [1.54, 1.807) is 12.1 Å². The monoisotopic (exact) mass is 261 g/mol. The number of fused-ring (bicyclic) bond motifs is 1. The van der Waals surface area contributed by atoms with Gasteiger partial charge in [-0.1, -0.05) is 12.1 Å². The topological polar surface area (TPSA) is 49.3 Å². The van der Waals surface area contributed by atoms with Gasteiger partial charge in [-0.3, -0.25) is 4.79 Å². The molecule has 1 aliphatic carbocycles. The van der Waals surface area contributed by atoms with Gasteiger partial charge in [-0.2, -0.15) is 8.78 Å². The molecule has 1 aromatic carbocycles. The van der Waals surface area contributed by atoms with Gasteiger partial charge < -0.3 is 10.4 Å². The van der Waals surface area contributed by atoms with E-state index in [-0.39, 0.29) is 5.75 Å². The van der Waals surface area contributed by atoms with E-state index in [4.69, 9.17) is 0 Å². The summed E-state index contributed by atoms with van der Waals surface area (Å²) >= 11 is 4.63. The molecule has 92 valence electrons. The third-order valence-electron chi connectivity index (χ3n) is 2.81. The highest BCUT2D eigenvalue weighted by atomic mass is 35.5. The van der Waals surface area contributed by atoms with Gasteiger partial charge in [-0.15, -0.1) is 0 Å². The minimum Gasteiger partial charge on any atom is -0.508 e. The standard InChI is InChI=1S/C11H10ClF2NO2/c12-11(13,14)10(17)15-8-5-4-7-6(8)2-1-3-9(7)16/h1-3,8,16H,4-5H2,(H,15,17). The molecule has 0 radical (unpaired) electrons. The lowest BCUT2D eigenvalue weighted by atomic mass is 10.1. The van der Waals surface area contributed by atoms with Crippen LogP contribution < -0.4 is 5.32 Å². The van der Waals surface area contributed by atoms with Crippen LogP contribution in [0.2, 0.25) is 0 Å². The predicted octanol–water partition coefficient (Wildman–Crippen LogP) is 2.33. The summed E-state index contributed by atoms with van der Waals surface area (Å²) in [5.74, 6) is -1.39. The number of hydrogen-bond donors (Lipinski definition) is 2. The van der Waals surface area contributed by atoms with Crippen LogP contribution in [0, 0.1) is 0 Å². The second-order valence-corrected chi connectivity index (χ2v) is 4.38. The van der Waals surface area contributed by atoms with E-state index in [0.29, 0.717) is 24.0 Å². The molecular weight excluding hydrogens is 252 g/mol. The lowest BCUT2D eigenvalue weighted by Crippen LogP contribution is -2.37. The Balaban J connectivity index is 2.18. The van der Waals surface area contributed by atoms with Crippen LogP contribution in [0.1, 0.15) is 23.6 Å². The van der Waals surface area contributed by atoms with E-state index < -0.39 is 17.3 Å². The molecule has 3 nitrogen and oxygen atoms in total. The second-order valence-electron chi connectivity index (χ2n) is 3.91. The minimum atomic E-state index is -3.90. The zero-order valence-corrected chi connectivity index (χ0v) is 9.47. The van der Waals surface area contributed by atoms with Gasteiger partial charge >= 0.3 is 11.3 Å². The number of hydrogen-bond acceptors (Lipinski definition) is 2. The third kappa shape index (κ3) is 2.34. The molecule has 1 aliphatic rings. The smallest absolute Gasteiger partial charge is 0.399 e. The molecule has 0 saturated heterocycles. The number of amides is 1. The molecule has 0 saturated carbocycles. The zero-order valence-electron chi connectivity index (χ0n) is 8.71. The summed E-state index contributed by atoms with van der Waals surface area (Å²) in [4.78, 5) is 11.1. The zero-order chi connectivity index (χ0) is 12.6. The second kappa shape index (κ2) is 4.14. The number of carbonyl (C=O) groups excluding carboxylic acids is 1. The largest absolute Gasteiger partial charge is 0.508 e. The van der Waals surface area contributed by atoms with E-state index in [1.165, 1.54) is 6.07 Å². The first-order valence-corrected chi connectivity index (χ1v) is 5.46. The summed E-state index contributed by atoms with van der Waals surface area (Å²) in [6.45, 7) is 0. The van der Waals surface area contributed by atoms with E-state index in [9.17, 15) is 18.7 Å². The number of alkyl halides is 3. The molecule has 0 spiro atoms. The molecule has 1 amide bonds. The maximum atomic E-state index is 12.5. The van der Waals surface area contributed by atoms with Crippen LogP contribution >= 0.6 is 11.6 Å². The lowest BCUT2D eigenvalue weighted by molar-refractivity contribution is -0.136. The van der Waals surface area contributed by atoms with Crippen LogP contribution in [-0.4, -0.2) is 16.4 Å². The molecule has 0 heterocycles. The quantitative estimate of drug-likeness (QED) is 0.803. The fraction of sp³-hybridized carbons (Fsp3) is 0.364. The van der Waals surface area contributed by atoms with Crippen molar-refractivity contribution in [3.63, 3.8) is 0 Å². The normalized spacial score (nSPS) is 18.9. The molecule has 1 unspecified atom stereocenters. The summed E-state index contributed by atoms with van der Waals surface area (Å²) in [5, 5.41) is 7.82. The van der Waals surface area contributed by atoms with Gasteiger partial charge in [0, 0.05) is 0 Å². The lowest BCUT2D eigenvalue weighted by Gasteiger charge is -2.16. The fourth-order valence-electron chi connectivity index (χ4n) is 2.03. The van der Waals surface area contributed by atoms with Gasteiger partial charge in [0.05, 0.1) is 6.04 Å². The maximum Gasteiger partial charge on any atom is 0.399 e. The third-order valence-corrected chi connectivity index (χ3v) is 2.98. The first kappa shape index (κ1) is 12.1. The molecule has 0 aliphatic heterocycles. The Labute approximate surface area is 101 Å². The maximum absolute atomic E-state index is 12.5. The first-order valence-electron chi connectivity index (χ1n) is 5.08. The van der Waals surface area contributed by atoms with Crippen LogP contribution in [0.25, 0.3) is 0 Å². The molecule has 2 rings (SSSR count). The van der Waals surface area contributed by atoms with Gasteiger partial charge in [-0.25, -0.2) is 0 Å². The summed E-state index contributed by atoms with van der Waals surface area (Å²) in [6.07, 6.45) is 1.02. The molecule has 0 aromatic heterocycles. The van der Waals surface area contributed by atoms with E-state index in [0.717, 1.165) is 0 Å². The summed E-state index contributed by atoms with van der Waals surface area (Å²) in [6, 6.07) is 4.31. The Hall–Kier alpha value is -1.36. The molecule has 1 aromatic rings. The van der Waals surface area contributed by atoms with Crippen molar-refractivity contribution in [1.29, 1.82) is 0 Å². The molecule has 0 bridgehead atoms. The van der Waals surface area contributed by atoms with Crippen molar-refractivity contribution in [2.75, 3.05) is 0 Å². The number of carbonyl (C=O) groups is 1. The Morgan fingerprint density at radius 3 is 2.88 bits per heavy atom. The van der Waals surface area contributed by atoms with Crippen LogP contribution in [0.4, 0.5) is 8.78 Å². The van der Waals surface area contributed by atoms with Crippen LogP contribution in [0.3, 0.4) is 0 Å². The Bertz CT molecular complexity index is 459. The van der Waals surface area contributed by atoms with Crippen molar-refractivity contribution < 1.29 is 18.7 Å². The van der Waals surface area contributed by atoms with Crippen molar-refractivity contribution in [2.45, 2.75) is 24.3 Å². The van der Waals surface area contributed by atoms with E-state index in [2.05, 4.69) is 16.9 Å². The number of rotatable bonds is 2. The fourth-order valence-corrected chi connectivity index (χ4v) is 2.08. The number of aromatic hydroxyl groups is 1. The minimum absolute atomic E-state index is 0.122. The van der Waals surface area contributed by atoms with Crippen molar-refractivity contribution in [3.8, 4) is 5.75 Å². The number of phenolic OH excluding ortho intramolecular Hbond substituents is 1. The highest BCUT2D eigenvalue weighted by molar-refractivity contribution is 6.32. The number of phenols is 1. The average molecular weight is 262 g/mol. The summed E-state index contributed by atoms with van der Waals surface area (Å²) < 4.78 is 25.1.